The molecule has 2 rings (SSSR count). The Kier molecular flexibility index (Phi) is 0.974. The molecule has 0 fully saturated rings. The SMILES string of the molecule is OC1=C2C=CNN2CC=C1. The molecule has 52 valence electrons. The number of hydrogen-bond donors (Lipinski definition) is 2. The van der Waals surface area contributed by atoms with E-state index in [1.807, 2.05) is 17.2 Å². The Bertz CT molecular complexity index is 240. The molecule has 10 heavy (non-hydrogen) atoms. The van der Waals surface area contributed by atoms with Gasteiger partial charge in [0.25, 0.3) is 0 Å². The van der Waals surface area contributed by atoms with Crippen LogP contribution < -0.4 is 5.43 Å². The lowest BCUT2D eigenvalue weighted by Crippen LogP contribution is -2.30. The maximum atomic E-state index is 9.24. The van der Waals surface area contributed by atoms with Crippen molar-refractivity contribution in [3.63, 3.8) is 0 Å². The Morgan fingerprint density at radius 3 is 3.20 bits per heavy atom. The number of fused-ring (bicyclic) bond motifs is 1. The van der Waals surface area contributed by atoms with E-state index in [1.165, 1.54) is 0 Å². The molecule has 3 heteroatoms. The van der Waals surface area contributed by atoms with Gasteiger partial charge in [-0.2, -0.15) is 0 Å². The third-order valence-electron chi connectivity index (χ3n) is 1.59. The molecule has 0 radical (unpaired) electrons. The highest BCUT2D eigenvalue weighted by Crippen LogP contribution is 2.17. The fraction of sp³-hybridized carbons (Fsp3) is 0.143. The number of nitrogens with one attached hydrogen (secondary N) is 1. The van der Waals surface area contributed by atoms with E-state index in [9.17, 15) is 5.11 Å². The van der Waals surface area contributed by atoms with Crippen LogP contribution in [0.5, 0.6) is 0 Å². The largest absolute Gasteiger partial charge is 0.506 e. The molecule has 3 nitrogen and oxygen atoms in total. The lowest BCUT2D eigenvalue weighted by molar-refractivity contribution is 0.308. The second kappa shape index (κ2) is 1.80. The average Bonchev–Trinajstić information content (AvgIpc) is 2.36. The number of hydrogen-bond acceptors (Lipinski definition) is 3. The van der Waals surface area contributed by atoms with Crippen molar-refractivity contribution in [2.24, 2.45) is 0 Å². The zero-order chi connectivity index (χ0) is 6.97. The Hall–Kier alpha value is -1.38. The summed E-state index contributed by atoms with van der Waals surface area (Å²) in [5.74, 6) is 0.326. The van der Waals surface area contributed by atoms with Gasteiger partial charge in [-0.15, -0.1) is 0 Å². The topological polar surface area (TPSA) is 35.5 Å². The van der Waals surface area contributed by atoms with E-state index < -0.39 is 0 Å². The fourth-order valence-electron chi connectivity index (χ4n) is 1.10. The molecule has 0 spiro atoms. The zero-order valence-electron chi connectivity index (χ0n) is 5.41. The van der Waals surface area contributed by atoms with Crippen LogP contribution in [0.15, 0.2) is 35.9 Å². The minimum Gasteiger partial charge on any atom is -0.506 e. The summed E-state index contributed by atoms with van der Waals surface area (Å²) in [6.07, 6.45) is 7.26. The van der Waals surface area contributed by atoms with Crippen LogP contribution in [0.1, 0.15) is 0 Å². The minimum atomic E-state index is 0.326. The number of hydrazine groups is 1. The van der Waals surface area contributed by atoms with Crippen molar-refractivity contribution in [1.29, 1.82) is 0 Å². The Morgan fingerprint density at radius 2 is 2.40 bits per heavy atom. The number of aliphatic hydroxyl groups is 1. The molecule has 2 N–H and O–H groups in total. The molecule has 0 atom stereocenters. The normalized spacial score (nSPS) is 21.4. The molecular weight excluding hydrogens is 128 g/mol. The van der Waals surface area contributed by atoms with E-state index in [0.717, 1.165) is 12.2 Å². The van der Waals surface area contributed by atoms with Crippen LogP contribution >= 0.6 is 0 Å². The lowest BCUT2D eigenvalue weighted by Gasteiger charge is -2.21. The standard InChI is InChI=1S/C7H8N2O/c10-7-2-1-5-9-6(7)3-4-8-9/h1-4,8,10H,5H2. The number of aliphatic hydroxyl groups excluding tert-OH is 1. The van der Waals surface area contributed by atoms with Gasteiger partial charge in [0.05, 0.1) is 6.54 Å². The molecular formula is C7H8N2O. The van der Waals surface area contributed by atoms with Crippen molar-refractivity contribution in [1.82, 2.24) is 10.4 Å². The van der Waals surface area contributed by atoms with Crippen LogP contribution in [-0.4, -0.2) is 16.7 Å². The summed E-state index contributed by atoms with van der Waals surface area (Å²) in [7, 11) is 0. The maximum Gasteiger partial charge on any atom is 0.140 e. The van der Waals surface area contributed by atoms with Crippen molar-refractivity contribution in [3.8, 4) is 0 Å². The first-order chi connectivity index (χ1) is 4.88. The molecule has 0 aliphatic carbocycles. The van der Waals surface area contributed by atoms with Crippen molar-refractivity contribution in [2.45, 2.75) is 0 Å². The first-order valence-corrected chi connectivity index (χ1v) is 3.18. The van der Waals surface area contributed by atoms with Crippen LogP contribution in [0.4, 0.5) is 0 Å². The van der Waals surface area contributed by atoms with Gasteiger partial charge in [0.1, 0.15) is 11.5 Å². The molecule has 0 amide bonds. The molecule has 0 saturated carbocycles. The number of nitrogens with zero attached hydrogens (tertiary/aromatic N) is 1. The van der Waals surface area contributed by atoms with Gasteiger partial charge in [-0.3, -0.25) is 5.01 Å². The van der Waals surface area contributed by atoms with Gasteiger partial charge < -0.3 is 10.5 Å². The molecule has 0 unspecified atom stereocenters. The summed E-state index contributed by atoms with van der Waals surface area (Å²) in [4.78, 5) is 0. The van der Waals surface area contributed by atoms with E-state index in [2.05, 4.69) is 5.43 Å². The molecule has 0 aromatic carbocycles. The number of rotatable bonds is 0. The average molecular weight is 136 g/mol. The van der Waals surface area contributed by atoms with Crippen molar-refractivity contribution in [3.05, 3.63) is 35.9 Å². The van der Waals surface area contributed by atoms with Gasteiger partial charge >= 0.3 is 0 Å². The summed E-state index contributed by atoms with van der Waals surface area (Å²) >= 11 is 0. The summed E-state index contributed by atoms with van der Waals surface area (Å²) in [5, 5.41) is 11.1. The second-order valence-corrected chi connectivity index (χ2v) is 2.25. The van der Waals surface area contributed by atoms with E-state index in [4.69, 9.17) is 0 Å². The summed E-state index contributed by atoms with van der Waals surface area (Å²) in [5.41, 5.74) is 3.82. The monoisotopic (exact) mass is 136 g/mol. The molecule has 2 aliphatic heterocycles. The van der Waals surface area contributed by atoms with E-state index in [-0.39, 0.29) is 0 Å². The maximum absolute atomic E-state index is 9.24. The number of allylic oxidation sites excluding steroid dienone is 2. The molecule has 2 aliphatic rings. The van der Waals surface area contributed by atoms with Crippen LogP contribution in [0.3, 0.4) is 0 Å². The highest BCUT2D eigenvalue weighted by atomic mass is 16.3. The Morgan fingerprint density at radius 1 is 1.50 bits per heavy atom. The third kappa shape index (κ3) is 0.603. The predicted molar refractivity (Wildman–Crippen MR) is 37.8 cm³/mol. The predicted octanol–water partition coefficient (Wildman–Crippen LogP) is 0.660. The van der Waals surface area contributed by atoms with Crippen molar-refractivity contribution >= 4 is 0 Å². The van der Waals surface area contributed by atoms with E-state index >= 15 is 0 Å². The molecule has 0 saturated heterocycles. The quantitative estimate of drug-likeness (QED) is 0.513. The van der Waals surface area contributed by atoms with Crippen molar-refractivity contribution in [2.75, 3.05) is 6.54 Å². The second-order valence-electron chi connectivity index (χ2n) is 2.25. The minimum absolute atomic E-state index is 0.326. The summed E-state index contributed by atoms with van der Waals surface area (Å²) in [6, 6.07) is 0. The van der Waals surface area contributed by atoms with Crippen LogP contribution in [0, 0.1) is 0 Å². The van der Waals surface area contributed by atoms with Crippen molar-refractivity contribution < 1.29 is 5.11 Å². The van der Waals surface area contributed by atoms with Gasteiger partial charge in [0, 0.05) is 6.20 Å². The van der Waals surface area contributed by atoms with Gasteiger partial charge in [-0.25, -0.2) is 0 Å². The Labute approximate surface area is 58.9 Å². The summed E-state index contributed by atoms with van der Waals surface area (Å²) in [6.45, 7) is 0.812. The molecule has 0 bridgehead atoms. The first kappa shape index (κ1) is 5.41. The first-order valence-electron chi connectivity index (χ1n) is 3.18. The van der Waals surface area contributed by atoms with E-state index in [0.29, 0.717) is 5.76 Å². The zero-order valence-corrected chi connectivity index (χ0v) is 5.41. The highest BCUT2D eigenvalue weighted by Gasteiger charge is 2.15. The van der Waals surface area contributed by atoms with Crippen LogP contribution in [0.2, 0.25) is 0 Å². The lowest BCUT2D eigenvalue weighted by atomic mass is 10.2. The molecule has 0 aromatic heterocycles. The van der Waals surface area contributed by atoms with Gasteiger partial charge in [0.15, 0.2) is 0 Å². The Balaban J connectivity index is 2.41. The molecule has 2 heterocycles. The molecule has 0 aromatic rings. The smallest absolute Gasteiger partial charge is 0.140 e. The van der Waals surface area contributed by atoms with Gasteiger partial charge in [0.2, 0.25) is 0 Å². The third-order valence-corrected chi connectivity index (χ3v) is 1.59. The van der Waals surface area contributed by atoms with Gasteiger partial charge in [-0.1, -0.05) is 6.08 Å². The van der Waals surface area contributed by atoms with Crippen LogP contribution in [-0.2, 0) is 0 Å². The highest BCUT2D eigenvalue weighted by molar-refractivity contribution is 5.33. The fourth-order valence-corrected chi connectivity index (χ4v) is 1.10. The van der Waals surface area contributed by atoms with E-state index in [1.54, 1.807) is 12.3 Å². The van der Waals surface area contributed by atoms with Crippen LogP contribution in [0.25, 0.3) is 0 Å². The van der Waals surface area contributed by atoms with Gasteiger partial charge in [-0.05, 0) is 12.2 Å². The summed E-state index contributed by atoms with van der Waals surface area (Å²) < 4.78 is 0.